The topological polar surface area (TPSA) is 96.3 Å². The van der Waals surface area contributed by atoms with E-state index in [-0.39, 0.29) is 24.0 Å². The number of nitro benzene ring substituents is 1. The molecule has 1 aromatic rings. The van der Waals surface area contributed by atoms with Crippen LogP contribution in [0.1, 0.15) is 23.2 Å². The van der Waals surface area contributed by atoms with Crippen molar-refractivity contribution in [2.45, 2.75) is 18.9 Å². The van der Waals surface area contributed by atoms with Crippen LogP contribution < -0.4 is 16.0 Å². The minimum absolute atomic E-state index is 0. The van der Waals surface area contributed by atoms with Crippen LogP contribution in [0.2, 0.25) is 0 Å². The summed E-state index contributed by atoms with van der Waals surface area (Å²) < 4.78 is 0. The molecule has 0 radical (unpaired) electrons. The van der Waals surface area contributed by atoms with Gasteiger partial charge in [-0.25, -0.2) is 0 Å². The smallest absolute Gasteiger partial charge is 0.293 e. The van der Waals surface area contributed by atoms with Crippen LogP contribution in [0.5, 0.6) is 0 Å². The van der Waals surface area contributed by atoms with Crippen molar-refractivity contribution in [3.05, 3.63) is 33.9 Å². The summed E-state index contributed by atoms with van der Waals surface area (Å²) in [5.41, 5.74) is 0.719. The van der Waals surface area contributed by atoms with Gasteiger partial charge in [-0.05, 0) is 32.0 Å². The van der Waals surface area contributed by atoms with Gasteiger partial charge < -0.3 is 16.0 Å². The first-order valence-corrected chi connectivity index (χ1v) is 6.59. The number of anilines is 1. The molecule has 0 unspecified atom stereocenters. The van der Waals surface area contributed by atoms with Gasteiger partial charge in [0.05, 0.1) is 4.92 Å². The van der Waals surface area contributed by atoms with E-state index in [1.54, 1.807) is 19.2 Å². The minimum atomic E-state index is -0.463. The van der Waals surface area contributed by atoms with Gasteiger partial charge in [0.25, 0.3) is 11.6 Å². The van der Waals surface area contributed by atoms with Gasteiger partial charge in [-0.2, -0.15) is 0 Å². The van der Waals surface area contributed by atoms with Crippen LogP contribution in [-0.2, 0) is 0 Å². The number of nitrogens with zero attached hydrogens (tertiary/aromatic N) is 1. The van der Waals surface area contributed by atoms with E-state index < -0.39 is 4.92 Å². The van der Waals surface area contributed by atoms with E-state index >= 15 is 0 Å². The predicted molar refractivity (Wildman–Crippen MR) is 83.2 cm³/mol. The van der Waals surface area contributed by atoms with Crippen molar-refractivity contribution in [1.82, 2.24) is 10.6 Å². The van der Waals surface area contributed by atoms with Crippen LogP contribution in [0.4, 0.5) is 11.4 Å². The monoisotopic (exact) mass is 314 g/mol. The van der Waals surface area contributed by atoms with Crippen LogP contribution in [0.15, 0.2) is 18.2 Å². The Hall–Kier alpha value is -1.86. The molecule has 0 aromatic heterocycles. The average molecular weight is 315 g/mol. The Bertz CT molecular complexity index is 520. The van der Waals surface area contributed by atoms with Crippen molar-refractivity contribution < 1.29 is 9.72 Å². The molecule has 1 fully saturated rings. The van der Waals surface area contributed by atoms with Gasteiger partial charge in [0.1, 0.15) is 5.69 Å². The highest BCUT2D eigenvalue weighted by atomic mass is 35.5. The van der Waals surface area contributed by atoms with E-state index in [0.29, 0.717) is 30.4 Å². The van der Waals surface area contributed by atoms with Gasteiger partial charge in [-0.15, -0.1) is 12.4 Å². The molecule has 3 N–H and O–H groups in total. The Balaban J connectivity index is 0.00000220. The number of rotatable bonds is 7. The van der Waals surface area contributed by atoms with Crippen molar-refractivity contribution in [3.63, 3.8) is 0 Å². The number of hydrogen-bond donors (Lipinski definition) is 3. The maximum atomic E-state index is 11.9. The SMILES string of the molecule is CNCCNC(=O)c1ccc(NC2CC2)c([N+](=O)[O-])c1.Cl. The maximum absolute atomic E-state index is 11.9. The third kappa shape index (κ3) is 4.87. The van der Waals surface area contributed by atoms with Crippen LogP contribution in [-0.4, -0.2) is 37.0 Å². The van der Waals surface area contributed by atoms with Crippen LogP contribution in [0, 0.1) is 10.1 Å². The molecule has 1 aromatic carbocycles. The lowest BCUT2D eigenvalue weighted by Crippen LogP contribution is -2.30. The molecule has 0 saturated heterocycles. The molecular weight excluding hydrogens is 296 g/mol. The number of amides is 1. The van der Waals surface area contributed by atoms with Crippen molar-refractivity contribution in [1.29, 1.82) is 0 Å². The van der Waals surface area contributed by atoms with Crippen LogP contribution >= 0.6 is 12.4 Å². The van der Waals surface area contributed by atoms with Gasteiger partial charge in [0.2, 0.25) is 0 Å². The first kappa shape index (κ1) is 17.2. The molecule has 8 heteroatoms. The molecule has 2 rings (SSSR count). The molecular formula is C13H19ClN4O3. The third-order valence-corrected chi connectivity index (χ3v) is 3.05. The number of likely N-dealkylation sites (N-methyl/N-ethyl adjacent to an activating group) is 1. The summed E-state index contributed by atoms with van der Waals surface area (Å²) in [6, 6.07) is 4.85. The quantitative estimate of drug-likeness (QED) is 0.403. The lowest BCUT2D eigenvalue weighted by atomic mass is 10.1. The number of carbonyl (C=O) groups excluding carboxylic acids is 1. The third-order valence-electron chi connectivity index (χ3n) is 3.05. The molecule has 1 aliphatic carbocycles. The van der Waals surface area contributed by atoms with Gasteiger partial charge in [-0.3, -0.25) is 14.9 Å². The summed E-state index contributed by atoms with van der Waals surface area (Å²) >= 11 is 0. The highest BCUT2D eigenvalue weighted by molar-refractivity contribution is 5.95. The number of nitrogens with one attached hydrogen (secondary N) is 3. The van der Waals surface area contributed by atoms with Gasteiger partial charge in [0.15, 0.2) is 0 Å². The number of benzene rings is 1. The van der Waals surface area contributed by atoms with E-state index in [1.807, 2.05) is 0 Å². The van der Waals surface area contributed by atoms with E-state index in [4.69, 9.17) is 0 Å². The summed E-state index contributed by atoms with van der Waals surface area (Å²) in [6.07, 6.45) is 2.06. The van der Waals surface area contributed by atoms with Crippen molar-refractivity contribution in [2.75, 3.05) is 25.5 Å². The molecule has 7 nitrogen and oxygen atoms in total. The normalized spacial score (nSPS) is 13.2. The van der Waals surface area contributed by atoms with E-state index in [9.17, 15) is 14.9 Å². The summed E-state index contributed by atoms with van der Waals surface area (Å²) in [5, 5.41) is 19.8. The molecule has 0 atom stereocenters. The second kappa shape index (κ2) is 7.80. The zero-order valence-electron chi connectivity index (χ0n) is 11.7. The minimum Gasteiger partial charge on any atom is -0.377 e. The summed E-state index contributed by atoms with van der Waals surface area (Å²) in [5.74, 6) is -0.304. The number of hydrogen-bond acceptors (Lipinski definition) is 5. The Morgan fingerprint density at radius 3 is 2.67 bits per heavy atom. The summed E-state index contributed by atoms with van der Waals surface area (Å²) in [4.78, 5) is 22.5. The standard InChI is InChI=1S/C13H18N4O3.ClH/c1-14-6-7-15-13(18)9-2-5-11(16-10-3-4-10)12(8-9)17(19)20;/h2,5,8,10,14,16H,3-4,6-7H2,1H3,(H,15,18);1H. The van der Waals surface area contributed by atoms with E-state index in [2.05, 4.69) is 16.0 Å². The second-order valence-corrected chi connectivity index (χ2v) is 4.77. The predicted octanol–water partition coefficient (Wildman–Crippen LogP) is 1.54. The molecule has 0 heterocycles. The largest absolute Gasteiger partial charge is 0.377 e. The summed E-state index contributed by atoms with van der Waals surface area (Å²) in [6.45, 7) is 1.13. The van der Waals surface area contributed by atoms with Crippen molar-refractivity contribution in [2.24, 2.45) is 0 Å². The van der Waals surface area contributed by atoms with Gasteiger partial charge >= 0.3 is 0 Å². The molecule has 1 saturated carbocycles. The number of nitro groups is 1. The van der Waals surface area contributed by atoms with Crippen molar-refractivity contribution >= 4 is 29.7 Å². The lowest BCUT2D eigenvalue weighted by molar-refractivity contribution is -0.384. The number of halogens is 1. The fraction of sp³-hybridized carbons (Fsp3) is 0.462. The van der Waals surface area contributed by atoms with E-state index in [0.717, 1.165) is 12.8 Å². The van der Waals surface area contributed by atoms with Crippen molar-refractivity contribution in [3.8, 4) is 0 Å². The molecule has 116 valence electrons. The summed E-state index contributed by atoms with van der Waals surface area (Å²) in [7, 11) is 1.79. The first-order chi connectivity index (χ1) is 9.61. The molecule has 21 heavy (non-hydrogen) atoms. The highest BCUT2D eigenvalue weighted by Gasteiger charge is 2.25. The zero-order valence-corrected chi connectivity index (χ0v) is 12.5. The number of carbonyl (C=O) groups is 1. The molecule has 0 aliphatic heterocycles. The second-order valence-electron chi connectivity index (χ2n) is 4.77. The highest BCUT2D eigenvalue weighted by Crippen LogP contribution is 2.31. The Labute approximate surface area is 129 Å². The van der Waals surface area contributed by atoms with E-state index in [1.165, 1.54) is 6.07 Å². The Kier molecular flexibility index (Phi) is 6.39. The maximum Gasteiger partial charge on any atom is 0.293 e. The molecule has 1 amide bonds. The fourth-order valence-electron chi connectivity index (χ4n) is 1.80. The first-order valence-electron chi connectivity index (χ1n) is 6.59. The lowest BCUT2D eigenvalue weighted by Gasteiger charge is -2.08. The zero-order chi connectivity index (χ0) is 14.5. The Morgan fingerprint density at radius 2 is 2.10 bits per heavy atom. The van der Waals surface area contributed by atoms with Crippen LogP contribution in [0.3, 0.4) is 0 Å². The Morgan fingerprint density at radius 1 is 1.38 bits per heavy atom. The fourth-order valence-corrected chi connectivity index (χ4v) is 1.80. The molecule has 1 aliphatic rings. The van der Waals surface area contributed by atoms with Gasteiger partial charge in [0, 0.05) is 30.8 Å². The molecule has 0 spiro atoms. The molecule has 0 bridgehead atoms. The average Bonchev–Trinajstić information content (AvgIpc) is 3.23. The van der Waals surface area contributed by atoms with Gasteiger partial charge in [-0.1, -0.05) is 0 Å². The van der Waals surface area contributed by atoms with Crippen LogP contribution in [0.25, 0.3) is 0 Å².